The van der Waals surface area contributed by atoms with Crippen molar-refractivity contribution in [1.29, 1.82) is 0 Å². The lowest BCUT2D eigenvalue weighted by atomic mass is 10.3. The first-order chi connectivity index (χ1) is 8.08. The second-order valence-corrected chi connectivity index (χ2v) is 4.16. The number of hydrogen-bond acceptors (Lipinski definition) is 6. The van der Waals surface area contributed by atoms with Gasteiger partial charge in [-0.05, 0) is 18.2 Å². The van der Waals surface area contributed by atoms with Gasteiger partial charge in [-0.25, -0.2) is 11.0 Å². The SMILES string of the molecule is NC1C(=NNc2ccc(Cl)c(Cl)c2)C=NN1N. The van der Waals surface area contributed by atoms with Crippen LogP contribution in [-0.2, 0) is 0 Å². The van der Waals surface area contributed by atoms with E-state index >= 15 is 0 Å². The van der Waals surface area contributed by atoms with Crippen LogP contribution in [-0.4, -0.2) is 23.2 Å². The predicted octanol–water partition coefficient (Wildman–Crippen LogP) is 1.22. The molecule has 0 spiro atoms. The van der Waals surface area contributed by atoms with Gasteiger partial charge in [-0.15, -0.1) is 0 Å². The van der Waals surface area contributed by atoms with Crippen molar-refractivity contribution in [2.75, 3.05) is 5.43 Å². The summed E-state index contributed by atoms with van der Waals surface area (Å²) < 4.78 is 0. The lowest BCUT2D eigenvalue weighted by Crippen LogP contribution is -2.44. The van der Waals surface area contributed by atoms with Crippen molar-refractivity contribution < 1.29 is 0 Å². The van der Waals surface area contributed by atoms with Crippen LogP contribution < -0.4 is 17.0 Å². The first-order valence-corrected chi connectivity index (χ1v) is 5.45. The van der Waals surface area contributed by atoms with E-state index in [2.05, 4.69) is 15.6 Å². The maximum absolute atomic E-state index is 5.86. The molecule has 0 radical (unpaired) electrons. The highest BCUT2D eigenvalue weighted by atomic mass is 35.5. The van der Waals surface area contributed by atoms with E-state index in [1.807, 2.05) is 0 Å². The molecule has 0 aliphatic carbocycles. The van der Waals surface area contributed by atoms with Crippen molar-refractivity contribution in [3.63, 3.8) is 0 Å². The van der Waals surface area contributed by atoms with Gasteiger partial charge in [-0.3, -0.25) is 5.43 Å². The Bertz CT molecular complexity index is 486. The minimum atomic E-state index is -0.551. The molecule has 90 valence electrons. The van der Waals surface area contributed by atoms with Gasteiger partial charge < -0.3 is 5.73 Å². The minimum Gasteiger partial charge on any atom is -0.303 e. The Hall–Kier alpha value is -1.34. The van der Waals surface area contributed by atoms with Crippen LogP contribution in [0.1, 0.15) is 0 Å². The van der Waals surface area contributed by atoms with Crippen LogP contribution in [0.2, 0.25) is 10.0 Å². The standard InChI is InChI=1S/C9H10Cl2N6/c10-6-2-1-5(3-7(6)11)15-16-8-4-14-17(13)9(8)12/h1-4,9,15H,12-13H2. The molecule has 1 aliphatic heterocycles. The predicted molar refractivity (Wildman–Crippen MR) is 70.0 cm³/mol. The smallest absolute Gasteiger partial charge is 0.157 e. The Labute approximate surface area is 108 Å². The van der Waals surface area contributed by atoms with Crippen molar-refractivity contribution in [3.8, 4) is 0 Å². The molecule has 5 N–H and O–H groups in total. The minimum absolute atomic E-state index is 0.446. The van der Waals surface area contributed by atoms with Crippen molar-refractivity contribution in [2.45, 2.75) is 6.17 Å². The molecule has 0 aromatic heterocycles. The molecule has 1 aliphatic rings. The molecule has 8 heteroatoms. The van der Waals surface area contributed by atoms with E-state index in [1.165, 1.54) is 6.21 Å². The number of anilines is 1. The summed E-state index contributed by atoms with van der Waals surface area (Å²) in [6, 6.07) is 5.08. The Morgan fingerprint density at radius 1 is 1.35 bits per heavy atom. The van der Waals surface area contributed by atoms with Crippen molar-refractivity contribution in [2.24, 2.45) is 21.8 Å². The molecule has 2 rings (SSSR count). The average Bonchev–Trinajstić information content (AvgIpc) is 2.62. The van der Waals surface area contributed by atoms with Crippen molar-refractivity contribution in [1.82, 2.24) is 5.12 Å². The molecule has 6 nitrogen and oxygen atoms in total. The van der Waals surface area contributed by atoms with E-state index < -0.39 is 6.17 Å². The highest BCUT2D eigenvalue weighted by Crippen LogP contribution is 2.24. The molecule has 1 aromatic carbocycles. The van der Waals surface area contributed by atoms with E-state index in [0.29, 0.717) is 21.4 Å². The second-order valence-electron chi connectivity index (χ2n) is 3.35. The molecule has 0 fully saturated rings. The number of halogens is 2. The van der Waals surface area contributed by atoms with E-state index in [4.69, 9.17) is 34.8 Å². The fourth-order valence-corrected chi connectivity index (χ4v) is 1.50. The molecule has 0 amide bonds. The number of hydrazone groups is 2. The van der Waals surface area contributed by atoms with Crippen LogP contribution in [0.5, 0.6) is 0 Å². The number of hydrazine groups is 1. The van der Waals surface area contributed by atoms with E-state index in [0.717, 1.165) is 5.12 Å². The number of rotatable bonds is 2. The Morgan fingerprint density at radius 2 is 2.12 bits per heavy atom. The number of benzene rings is 1. The normalized spacial score (nSPS) is 21.3. The zero-order valence-electron chi connectivity index (χ0n) is 8.64. The highest BCUT2D eigenvalue weighted by Gasteiger charge is 2.20. The van der Waals surface area contributed by atoms with Crippen LogP contribution in [0.15, 0.2) is 28.4 Å². The topological polar surface area (TPSA) is 92.0 Å². The molecule has 17 heavy (non-hydrogen) atoms. The summed E-state index contributed by atoms with van der Waals surface area (Å²) in [4.78, 5) is 0. The summed E-state index contributed by atoms with van der Waals surface area (Å²) in [5, 5.41) is 9.90. The highest BCUT2D eigenvalue weighted by molar-refractivity contribution is 6.42. The Balaban J connectivity index is 2.10. The summed E-state index contributed by atoms with van der Waals surface area (Å²) in [6.07, 6.45) is 0.931. The van der Waals surface area contributed by atoms with Gasteiger partial charge in [-0.1, -0.05) is 23.2 Å². The van der Waals surface area contributed by atoms with Gasteiger partial charge in [-0.2, -0.15) is 10.2 Å². The summed E-state index contributed by atoms with van der Waals surface area (Å²) in [7, 11) is 0. The summed E-state index contributed by atoms with van der Waals surface area (Å²) in [5.41, 5.74) is 9.72. The third kappa shape index (κ3) is 2.67. The third-order valence-electron chi connectivity index (χ3n) is 2.15. The molecule has 1 heterocycles. The van der Waals surface area contributed by atoms with E-state index in [9.17, 15) is 0 Å². The molecular weight excluding hydrogens is 263 g/mol. The van der Waals surface area contributed by atoms with Crippen molar-refractivity contribution >= 4 is 40.8 Å². The van der Waals surface area contributed by atoms with Gasteiger partial charge in [0.15, 0.2) is 6.17 Å². The molecule has 1 unspecified atom stereocenters. The number of nitrogens with zero attached hydrogens (tertiary/aromatic N) is 3. The first kappa shape index (κ1) is 12.1. The van der Waals surface area contributed by atoms with Gasteiger partial charge in [0.25, 0.3) is 0 Å². The van der Waals surface area contributed by atoms with E-state index in [1.54, 1.807) is 18.2 Å². The maximum atomic E-state index is 5.86. The molecule has 0 saturated heterocycles. The van der Waals surface area contributed by atoms with Gasteiger partial charge in [0.1, 0.15) is 5.71 Å². The number of hydrogen-bond donors (Lipinski definition) is 3. The van der Waals surface area contributed by atoms with Crippen LogP contribution in [0.25, 0.3) is 0 Å². The van der Waals surface area contributed by atoms with Gasteiger partial charge in [0, 0.05) is 0 Å². The maximum Gasteiger partial charge on any atom is 0.157 e. The lowest BCUT2D eigenvalue weighted by molar-refractivity contribution is 0.280. The third-order valence-corrected chi connectivity index (χ3v) is 2.88. The van der Waals surface area contributed by atoms with Crippen molar-refractivity contribution in [3.05, 3.63) is 28.2 Å². The number of nitrogens with one attached hydrogen (secondary N) is 1. The van der Waals surface area contributed by atoms with Crippen LogP contribution >= 0.6 is 23.2 Å². The quantitative estimate of drug-likeness (QED) is 0.558. The average molecular weight is 273 g/mol. The zero-order valence-corrected chi connectivity index (χ0v) is 10.2. The van der Waals surface area contributed by atoms with Crippen LogP contribution in [0.4, 0.5) is 5.69 Å². The summed E-state index contributed by atoms with van der Waals surface area (Å²) in [5.74, 6) is 5.44. The van der Waals surface area contributed by atoms with Crippen LogP contribution in [0, 0.1) is 0 Å². The zero-order chi connectivity index (χ0) is 12.4. The monoisotopic (exact) mass is 272 g/mol. The Kier molecular flexibility index (Phi) is 3.49. The Morgan fingerprint density at radius 3 is 2.71 bits per heavy atom. The van der Waals surface area contributed by atoms with Gasteiger partial charge >= 0.3 is 0 Å². The molecule has 0 bridgehead atoms. The number of nitrogens with two attached hydrogens (primary N) is 2. The lowest BCUT2D eigenvalue weighted by Gasteiger charge is -2.12. The first-order valence-electron chi connectivity index (χ1n) is 4.70. The fraction of sp³-hybridized carbons (Fsp3) is 0.111. The van der Waals surface area contributed by atoms with E-state index in [-0.39, 0.29) is 0 Å². The second kappa shape index (κ2) is 4.89. The van der Waals surface area contributed by atoms with Crippen LogP contribution in [0.3, 0.4) is 0 Å². The fourth-order valence-electron chi connectivity index (χ4n) is 1.20. The summed E-state index contributed by atoms with van der Waals surface area (Å²) >= 11 is 11.7. The molecule has 1 aromatic rings. The van der Waals surface area contributed by atoms with Gasteiger partial charge in [0.2, 0.25) is 0 Å². The largest absolute Gasteiger partial charge is 0.303 e. The molecule has 1 atom stereocenters. The van der Waals surface area contributed by atoms with Gasteiger partial charge in [0.05, 0.1) is 21.9 Å². The molecule has 0 saturated carbocycles. The molecular formula is C9H10Cl2N6. The summed E-state index contributed by atoms with van der Waals surface area (Å²) in [6.45, 7) is 0.